The zero-order valence-electron chi connectivity index (χ0n) is 17.8. The van der Waals surface area contributed by atoms with Gasteiger partial charge in [-0.1, -0.05) is 11.6 Å². The van der Waals surface area contributed by atoms with Gasteiger partial charge in [-0.05, 0) is 36.2 Å². The van der Waals surface area contributed by atoms with Crippen LogP contribution in [0.15, 0.2) is 18.2 Å². The molecule has 10 nitrogen and oxygen atoms in total. The molecule has 2 amide bonds. The van der Waals surface area contributed by atoms with Crippen molar-refractivity contribution >= 4 is 51.7 Å². The lowest BCUT2D eigenvalue weighted by atomic mass is 10.1. The molecule has 12 heteroatoms. The summed E-state index contributed by atoms with van der Waals surface area (Å²) in [6.07, 6.45) is -0.636. The molecule has 1 aliphatic rings. The summed E-state index contributed by atoms with van der Waals surface area (Å²) in [5.74, 6) is -2.43. The summed E-state index contributed by atoms with van der Waals surface area (Å²) >= 11 is 6.77. The number of amides is 2. The fourth-order valence-corrected chi connectivity index (χ4v) is 4.37. The second kappa shape index (κ2) is 10.6. The Morgan fingerprint density at radius 1 is 1.24 bits per heavy atom. The van der Waals surface area contributed by atoms with E-state index in [9.17, 15) is 19.2 Å². The maximum absolute atomic E-state index is 12.5. The lowest BCUT2D eigenvalue weighted by Crippen LogP contribution is -2.30. The molecule has 0 radical (unpaired) electrons. The van der Waals surface area contributed by atoms with Crippen molar-refractivity contribution in [3.05, 3.63) is 44.8 Å². The predicted octanol–water partition coefficient (Wildman–Crippen LogP) is 2.10. The number of esters is 2. The van der Waals surface area contributed by atoms with Crippen LogP contribution in [0.4, 0.5) is 5.00 Å². The van der Waals surface area contributed by atoms with E-state index in [4.69, 9.17) is 36.3 Å². The highest BCUT2D eigenvalue weighted by Crippen LogP contribution is 2.34. The number of nitrogens with two attached hydrogens (primary N) is 1. The van der Waals surface area contributed by atoms with Crippen LogP contribution in [0.3, 0.4) is 0 Å². The van der Waals surface area contributed by atoms with E-state index in [0.29, 0.717) is 10.8 Å². The number of primary amides is 1. The number of thiophene rings is 1. The normalized spacial score (nSPS) is 14.2. The van der Waals surface area contributed by atoms with Crippen molar-refractivity contribution in [3.8, 4) is 5.75 Å². The van der Waals surface area contributed by atoms with Gasteiger partial charge in [0.2, 0.25) is 0 Å². The molecule has 0 saturated heterocycles. The summed E-state index contributed by atoms with van der Waals surface area (Å²) < 4.78 is 20.5. The number of methoxy groups -OCH3 is 1. The van der Waals surface area contributed by atoms with Crippen LogP contribution in [0, 0.1) is 6.92 Å². The third-order valence-corrected chi connectivity index (χ3v) is 6.11. The smallest absolute Gasteiger partial charge is 0.348 e. The molecule has 1 atom stereocenters. The van der Waals surface area contributed by atoms with Crippen LogP contribution in [-0.2, 0) is 30.2 Å². The van der Waals surface area contributed by atoms with Crippen LogP contribution >= 0.6 is 22.9 Å². The molecular weight excluding hydrogens is 476 g/mol. The highest BCUT2D eigenvalue weighted by Gasteiger charge is 2.31. The van der Waals surface area contributed by atoms with E-state index in [0.717, 1.165) is 16.9 Å². The van der Waals surface area contributed by atoms with Gasteiger partial charge in [-0.2, -0.15) is 0 Å². The Balaban J connectivity index is 1.62. The molecule has 1 aromatic carbocycles. The van der Waals surface area contributed by atoms with E-state index in [1.807, 2.05) is 0 Å². The molecule has 2 aromatic rings. The molecule has 1 unspecified atom stereocenters. The second-order valence-electron chi connectivity index (χ2n) is 6.97. The SMILES string of the molecule is COCCOC(=O)c1c(NC(=O)COC(=O)C2Cc3cc(Cl)ccc3O2)sc(C(N)=O)c1C. The topological polar surface area (TPSA) is 143 Å². The monoisotopic (exact) mass is 496 g/mol. The largest absolute Gasteiger partial charge is 0.478 e. The van der Waals surface area contributed by atoms with E-state index >= 15 is 0 Å². The van der Waals surface area contributed by atoms with Crippen molar-refractivity contribution in [1.82, 2.24) is 0 Å². The van der Waals surface area contributed by atoms with Gasteiger partial charge in [0.15, 0.2) is 12.7 Å². The fraction of sp³-hybridized carbons (Fsp3) is 0.333. The third-order valence-electron chi connectivity index (χ3n) is 4.65. The second-order valence-corrected chi connectivity index (χ2v) is 8.43. The Kier molecular flexibility index (Phi) is 7.90. The van der Waals surface area contributed by atoms with Gasteiger partial charge in [-0.15, -0.1) is 11.3 Å². The zero-order valence-corrected chi connectivity index (χ0v) is 19.3. The van der Waals surface area contributed by atoms with E-state index in [2.05, 4.69) is 5.32 Å². The predicted molar refractivity (Wildman–Crippen MR) is 119 cm³/mol. The quantitative estimate of drug-likeness (QED) is 0.397. The molecule has 1 aromatic heterocycles. The molecule has 0 aliphatic carbocycles. The first-order valence-corrected chi connectivity index (χ1v) is 10.9. The lowest BCUT2D eigenvalue weighted by Gasteiger charge is -2.11. The lowest BCUT2D eigenvalue weighted by molar-refractivity contribution is -0.153. The average Bonchev–Trinajstić information content (AvgIpc) is 3.32. The highest BCUT2D eigenvalue weighted by molar-refractivity contribution is 7.18. The minimum absolute atomic E-state index is 0.00367. The Bertz CT molecular complexity index is 1100. The maximum Gasteiger partial charge on any atom is 0.348 e. The van der Waals surface area contributed by atoms with Gasteiger partial charge >= 0.3 is 11.9 Å². The van der Waals surface area contributed by atoms with Crippen LogP contribution in [0.5, 0.6) is 5.75 Å². The number of ether oxygens (including phenoxy) is 4. The molecular formula is C21H21ClN2O8S. The number of carbonyl (C=O) groups excluding carboxylic acids is 4. The van der Waals surface area contributed by atoms with Crippen molar-refractivity contribution < 1.29 is 38.1 Å². The molecule has 0 bridgehead atoms. The Morgan fingerprint density at radius 2 is 2.00 bits per heavy atom. The number of fused-ring (bicyclic) bond motifs is 1. The molecule has 1 aliphatic heterocycles. The van der Waals surface area contributed by atoms with E-state index < -0.39 is 36.5 Å². The van der Waals surface area contributed by atoms with Gasteiger partial charge in [0, 0.05) is 18.6 Å². The minimum atomic E-state index is -0.900. The molecule has 33 heavy (non-hydrogen) atoms. The first-order valence-electron chi connectivity index (χ1n) is 9.72. The summed E-state index contributed by atoms with van der Waals surface area (Å²) in [4.78, 5) is 49.0. The number of carbonyl (C=O) groups is 4. The number of anilines is 1. The van der Waals surface area contributed by atoms with Gasteiger partial charge in [-0.3, -0.25) is 9.59 Å². The standard InChI is InChI=1S/C21H21ClN2O8S/c1-10-16(21(28)30-6-5-29-2)19(33-17(10)18(23)26)24-15(25)9-31-20(27)14-8-11-7-12(22)3-4-13(11)32-14/h3-4,7,14H,5-6,8-9H2,1-2H3,(H2,23,26)(H,24,25). The van der Waals surface area contributed by atoms with Gasteiger partial charge in [0.25, 0.3) is 11.8 Å². The number of benzene rings is 1. The fourth-order valence-electron chi connectivity index (χ4n) is 3.11. The molecule has 0 spiro atoms. The van der Waals surface area contributed by atoms with Crippen LogP contribution in [-0.4, -0.2) is 56.8 Å². The molecule has 2 heterocycles. The highest BCUT2D eigenvalue weighted by atomic mass is 35.5. The van der Waals surface area contributed by atoms with Crippen LogP contribution in [0.2, 0.25) is 5.02 Å². The first kappa shape index (κ1) is 24.5. The summed E-state index contributed by atoms with van der Waals surface area (Å²) in [5, 5.41) is 3.05. The maximum atomic E-state index is 12.5. The van der Waals surface area contributed by atoms with Crippen molar-refractivity contribution in [2.75, 3.05) is 32.2 Å². The van der Waals surface area contributed by atoms with Crippen molar-refractivity contribution in [3.63, 3.8) is 0 Å². The minimum Gasteiger partial charge on any atom is -0.478 e. The number of rotatable bonds is 9. The molecule has 0 fully saturated rings. The zero-order chi connectivity index (χ0) is 24.1. The van der Waals surface area contributed by atoms with Crippen LogP contribution in [0.1, 0.15) is 31.2 Å². The molecule has 176 valence electrons. The number of hydrogen-bond donors (Lipinski definition) is 2. The Morgan fingerprint density at radius 3 is 2.70 bits per heavy atom. The summed E-state index contributed by atoms with van der Waals surface area (Å²) in [6.45, 7) is 1.04. The number of nitrogens with one attached hydrogen (secondary N) is 1. The van der Waals surface area contributed by atoms with Crippen molar-refractivity contribution in [1.29, 1.82) is 0 Å². The van der Waals surface area contributed by atoms with Crippen molar-refractivity contribution in [2.45, 2.75) is 19.4 Å². The summed E-state index contributed by atoms with van der Waals surface area (Å²) in [6, 6.07) is 4.99. The summed E-state index contributed by atoms with van der Waals surface area (Å²) in [5.41, 5.74) is 6.39. The number of halogens is 1. The molecule has 0 saturated carbocycles. The van der Waals surface area contributed by atoms with Crippen molar-refractivity contribution in [2.24, 2.45) is 5.73 Å². The molecule has 3 N–H and O–H groups in total. The van der Waals surface area contributed by atoms with Gasteiger partial charge in [0.1, 0.15) is 17.4 Å². The Hall–Kier alpha value is -3.15. The average molecular weight is 497 g/mol. The van der Waals surface area contributed by atoms with Gasteiger partial charge in [0.05, 0.1) is 17.0 Å². The first-order chi connectivity index (χ1) is 15.7. The van der Waals surface area contributed by atoms with Crippen LogP contribution in [0.25, 0.3) is 0 Å². The van der Waals surface area contributed by atoms with Crippen LogP contribution < -0.4 is 15.8 Å². The van der Waals surface area contributed by atoms with Gasteiger partial charge < -0.3 is 30.0 Å². The van der Waals surface area contributed by atoms with E-state index in [-0.39, 0.29) is 40.6 Å². The number of hydrogen-bond acceptors (Lipinski definition) is 9. The Labute approximate surface area is 197 Å². The van der Waals surface area contributed by atoms with Gasteiger partial charge in [-0.25, -0.2) is 9.59 Å². The molecule has 3 rings (SSSR count). The van der Waals surface area contributed by atoms with E-state index in [1.165, 1.54) is 14.0 Å². The van der Waals surface area contributed by atoms with E-state index in [1.54, 1.807) is 18.2 Å². The third kappa shape index (κ3) is 5.81. The summed E-state index contributed by atoms with van der Waals surface area (Å²) in [7, 11) is 1.45.